The second-order valence-corrected chi connectivity index (χ2v) is 6.28. The molecule has 0 saturated heterocycles. The van der Waals surface area contributed by atoms with E-state index in [0.717, 1.165) is 36.1 Å². The largest absolute Gasteiger partial charge is 0.346 e. The molecule has 5 heteroatoms. The Labute approximate surface area is 140 Å². The zero-order valence-corrected chi connectivity index (χ0v) is 13.4. The zero-order valence-electron chi connectivity index (χ0n) is 13.4. The highest BCUT2D eigenvalue weighted by Crippen LogP contribution is 2.19. The number of fused-ring (bicyclic) bond motifs is 2. The predicted molar refractivity (Wildman–Crippen MR) is 94.7 cm³/mol. The van der Waals surface area contributed by atoms with Crippen LogP contribution in [0.5, 0.6) is 0 Å². The number of aromatic amines is 1. The number of aromatic nitrogens is 2. The smallest absolute Gasteiger partial charge is 0.224 e. The summed E-state index contributed by atoms with van der Waals surface area (Å²) < 4.78 is 0. The number of hydrogen-bond donors (Lipinski definition) is 3. The highest BCUT2D eigenvalue weighted by atomic mass is 16.1. The number of rotatable bonds is 4. The molecular weight excluding hydrogens is 300 g/mol. The summed E-state index contributed by atoms with van der Waals surface area (Å²) in [6, 6.07) is 12.7. The van der Waals surface area contributed by atoms with Gasteiger partial charge in [0, 0.05) is 30.6 Å². The van der Waals surface area contributed by atoms with E-state index in [1.165, 1.54) is 11.1 Å². The summed E-state index contributed by atoms with van der Waals surface area (Å²) in [5.74, 6) is 0.0346. The fourth-order valence-electron chi connectivity index (χ4n) is 3.26. The number of nitrogens with one attached hydrogen (secondary N) is 3. The van der Waals surface area contributed by atoms with Crippen molar-refractivity contribution in [2.24, 2.45) is 0 Å². The molecule has 3 aromatic rings. The second kappa shape index (κ2) is 6.45. The predicted octanol–water partition coefficient (Wildman–Crippen LogP) is 3.00. The van der Waals surface area contributed by atoms with Crippen LogP contribution < -0.4 is 10.6 Å². The van der Waals surface area contributed by atoms with Crippen molar-refractivity contribution in [2.75, 3.05) is 5.32 Å². The summed E-state index contributed by atoms with van der Waals surface area (Å²) in [6.07, 6.45) is 5.85. The van der Waals surface area contributed by atoms with E-state index in [0.29, 0.717) is 12.5 Å². The van der Waals surface area contributed by atoms with Crippen molar-refractivity contribution < 1.29 is 4.79 Å². The van der Waals surface area contributed by atoms with Gasteiger partial charge in [0.15, 0.2) is 0 Å². The maximum Gasteiger partial charge on any atom is 0.224 e. The van der Waals surface area contributed by atoms with Gasteiger partial charge in [-0.1, -0.05) is 24.3 Å². The highest BCUT2D eigenvalue weighted by molar-refractivity contribution is 5.92. The van der Waals surface area contributed by atoms with Crippen LogP contribution in [0.1, 0.15) is 24.0 Å². The molecule has 0 spiro atoms. The van der Waals surface area contributed by atoms with E-state index in [9.17, 15) is 4.79 Å². The van der Waals surface area contributed by atoms with Crippen molar-refractivity contribution in [3.8, 4) is 0 Å². The molecule has 24 heavy (non-hydrogen) atoms. The van der Waals surface area contributed by atoms with Gasteiger partial charge in [-0.3, -0.25) is 4.79 Å². The molecule has 1 aromatic carbocycles. The maximum absolute atomic E-state index is 12.2. The molecule has 122 valence electrons. The van der Waals surface area contributed by atoms with Crippen LogP contribution in [0.15, 0.2) is 48.8 Å². The number of nitrogens with zero attached hydrogens (tertiary/aromatic N) is 1. The van der Waals surface area contributed by atoms with Crippen LogP contribution in [0.25, 0.3) is 11.0 Å². The van der Waals surface area contributed by atoms with Crippen LogP contribution in [0.3, 0.4) is 0 Å². The van der Waals surface area contributed by atoms with Crippen LogP contribution >= 0.6 is 0 Å². The first-order valence-corrected chi connectivity index (χ1v) is 8.31. The molecule has 0 radical (unpaired) electrons. The molecule has 5 nitrogen and oxygen atoms in total. The first-order chi connectivity index (χ1) is 11.8. The standard InChI is InChI=1S/C19H20N4O/c24-18(23-17-10-14-7-8-20-19(14)22-12-17)6-5-16-9-13-3-1-2-4-15(13)11-21-16/h1-4,7-8,10,12,16,21H,5-6,9,11H2,(H,20,22)(H,23,24). The number of benzene rings is 1. The van der Waals surface area contributed by atoms with E-state index in [1.54, 1.807) is 6.20 Å². The van der Waals surface area contributed by atoms with Crippen molar-refractivity contribution in [3.63, 3.8) is 0 Å². The van der Waals surface area contributed by atoms with E-state index in [-0.39, 0.29) is 5.91 Å². The topological polar surface area (TPSA) is 69.8 Å². The van der Waals surface area contributed by atoms with E-state index in [4.69, 9.17) is 0 Å². The number of carbonyl (C=O) groups is 1. The van der Waals surface area contributed by atoms with Crippen molar-refractivity contribution in [2.45, 2.75) is 31.8 Å². The van der Waals surface area contributed by atoms with Gasteiger partial charge in [-0.2, -0.15) is 0 Å². The van der Waals surface area contributed by atoms with Crippen LogP contribution in [0, 0.1) is 0 Å². The minimum atomic E-state index is 0.0346. The van der Waals surface area contributed by atoms with Crippen LogP contribution in [-0.4, -0.2) is 21.9 Å². The number of carbonyl (C=O) groups excluding carboxylic acids is 1. The highest BCUT2D eigenvalue weighted by Gasteiger charge is 2.18. The number of amides is 1. The molecule has 1 aliphatic rings. The number of H-pyrrole nitrogens is 1. The van der Waals surface area contributed by atoms with E-state index < -0.39 is 0 Å². The average molecular weight is 320 g/mol. The third-order valence-corrected chi connectivity index (χ3v) is 4.57. The molecule has 1 amide bonds. The van der Waals surface area contributed by atoms with Crippen molar-refractivity contribution in [1.82, 2.24) is 15.3 Å². The monoisotopic (exact) mass is 320 g/mol. The van der Waals surface area contributed by atoms with E-state index in [1.807, 2.05) is 18.3 Å². The Hall–Kier alpha value is -2.66. The summed E-state index contributed by atoms with van der Waals surface area (Å²) >= 11 is 0. The summed E-state index contributed by atoms with van der Waals surface area (Å²) in [6.45, 7) is 0.885. The average Bonchev–Trinajstić information content (AvgIpc) is 3.07. The third-order valence-electron chi connectivity index (χ3n) is 4.57. The SMILES string of the molecule is O=C(CCC1Cc2ccccc2CN1)Nc1cnc2[nH]ccc2c1. The molecule has 3 heterocycles. The van der Waals surface area contributed by atoms with E-state index in [2.05, 4.69) is 44.9 Å². The first kappa shape index (κ1) is 14.9. The third kappa shape index (κ3) is 3.16. The zero-order chi connectivity index (χ0) is 16.4. The van der Waals surface area contributed by atoms with Gasteiger partial charge in [-0.25, -0.2) is 4.98 Å². The number of pyridine rings is 1. The van der Waals surface area contributed by atoms with Gasteiger partial charge in [-0.05, 0) is 36.1 Å². The summed E-state index contributed by atoms with van der Waals surface area (Å²) in [5, 5.41) is 7.46. The normalized spacial score (nSPS) is 16.8. The molecule has 1 atom stereocenters. The number of hydrogen-bond acceptors (Lipinski definition) is 3. The maximum atomic E-state index is 12.2. The quantitative estimate of drug-likeness (QED) is 0.692. The molecule has 0 aliphatic carbocycles. The Kier molecular flexibility index (Phi) is 4.01. The lowest BCUT2D eigenvalue weighted by Gasteiger charge is -2.26. The van der Waals surface area contributed by atoms with Gasteiger partial charge in [0.2, 0.25) is 5.91 Å². The molecular formula is C19H20N4O. The molecule has 4 rings (SSSR count). The Morgan fingerprint density at radius 3 is 3.04 bits per heavy atom. The summed E-state index contributed by atoms with van der Waals surface area (Å²) in [7, 11) is 0. The Bertz CT molecular complexity index is 870. The minimum absolute atomic E-state index is 0.0346. The van der Waals surface area contributed by atoms with Crippen LogP contribution in [0.2, 0.25) is 0 Å². The lowest BCUT2D eigenvalue weighted by atomic mass is 9.93. The summed E-state index contributed by atoms with van der Waals surface area (Å²) in [4.78, 5) is 19.5. The Morgan fingerprint density at radius 1 is 1.25 bits per heavy atom. The van der Waals surface area contributed by atoms with Crippen molar-refractivity contribution in [1.29, 1.82) is 0 Å². The number of anilines is 1. The van der Waals surface area contributed by atoms with Gasteiger partial charge in [0.25, 0.3) is 0 Å². The van der Waals surface area contributed by atoms with Gasteiger partial charge < -0.3 is 15.6 Å². The first-order valence-electron chi connectivity index (χ1n) is 8.31. The molecule has 2 aromatic heterocycles. The van der Waals surface area contributed by atoms with Gasteiger partial charge in [0.05, 0.1) is 11.9 Å². The van der Waals surface area contributed by atoms with Gasteiger partial charge >= 0.3 is 0 Å². The molecule has 1 unspecified atom stereocenters. The fourth-order valence-corrected chi connectivity index (χ4v) is 3.26. The van der Waals surface area contributed by atoms with Crippen LogP contribution in [-0.2, 0) is 17.8 Å². The van der Waals surface area contributed by atoms with Crippen molar-refractivity contribution in [3.05, 3.63) is 59.9 Å². The lowest BCUT2D eigenvalue weighted by Crippen LogP contribution is -2.36. The Balaban J connectivity index is 1.32. The summed E-state index contributed by atoms with van der Waals surface area (Å²) in [5.41, 5.74) is 4.33. The molecule has 1 aliphatic heterocycles. The minimum Gasteiger partial charge on any atom is -0.346 e. The van der Waals surface area contributed by atoms with E-state index >= 15 is 0 Å². The second-order valence-electron chi connectivity index (χ2n) is 6.28. The molecule has 0 fully saturated rings. The Morgan fingerprint density at radius 2 is 2.12 bits per heavy atom. The fraction of sp³-hybridized carbons (Fsp3) is 0.263. The molecule has 3 N–H and O–H groups in total. The van der Waals surface area contributed by atoms with Crippen LogP contribution in [0.4, 0.5) is 5.69 Å². The van der Waals surface area contributed by atoms with Crippen molar-refractivity contribution >= 4 is 22.6 Å². The molecule has 0 bridgehead atoms. The lowest BCUT2D eigenvalue weighted by molar-refractivity contribution is -0.116. The van der Waals surface area contributed by atoms with Gasteiger partial charge in [0.1, 0.15) is 5.65 Å². The van der Waals surface area contributed by atoms with Gasteiger partial charge in [-0.15, -0.1) is 0 Å². The molecule has 0 saturated carbocycles.